The average molecular weight is 327 g/mol. The minimum Gasteiger partial charge on any atom is -0.372 e. The van der Waals surface area contributed by atoms with E-state index in [4.69, 9.17) is 17.0 Å². The fourth-order valence-corrected chi connectivity index (χ4v) is 3.37. The van der Waals surface area contributed by atoms with E-state index in [0.29, 0.717) is 10.7 Å². The van der Waals surface area contributed by atoms with Crippen molar-refractivity contribution in [1.29, 1.82) is 5.41 Å². The summed E-state index contributed by atoms with van der Waals surface area (Å²) in [6, 6.07) is 14.1. The van der Waals surface area contributed by atoms with E-state index in [2.05, 4.69) is 30.0 Å². The molecule has 1 heterocycles. The SMILES string of the molecule is CCCc1cc(N2CCCC2)ccc1C(=N)c1ccc(Cl)cc1. The molecule has 2 nitrogen and oxygen atoms in total. The zero-order chi connectivity index (χ0) is 16.2. The maximum absolute atomic E-state index is 8.58. The average Bonchev–Trinajstić information content (AvgIpc) is 3.10. The molecule has 3 heteroatoms. The van der Waals surface area contributed by atoms with Gasteiger partial charge in [0.1, 0.15) is 0 Å². The number of benzene rings is 2. The summed E-state index contributed by atoms with van der Waals surface area (Å²) in [5, 5.41) is 9.29. The van der Waals surface area contributed by atoms with E-state index in [1.807, 2.05) is 24.3 Å². The standard InChI is InChI=1S/C20H23ClN2/c1-2-5-16-14-18(23-12-3-4-13-23)10-11-19(16)20(22)15-6-8-17(21)9-7-15/h6-11,14,22H,2-5,12-13H2,1H3. The van der Waals surface area contributed by atoms with E-state index in [9.17, 15) is 0 Å². The normalized spacial score (nSPS) is 14.3. The van der Waals surface area contributed by atoms with Crippen LogP contribution in [-0.4, -0.2) is 18.8 Å². The number of aryl methyl sites for hydroxylation is 1. The van der Waals surface area contributed by atoms with Crippen molar-refractivity contribution in [3.8, 4) is 0 Å². The van der Waals surface area contributed by atoms with Crippen LogP contribution in [0.5, 0.6) is 0 Å². The Bertz CT molecular complexity index is 685. The maximum atomic E-state index is 8.58. The van der Waals surface area contributed by atoms with Gasteiger partial charge in [-0.25, -0.2) is 0 Å². The lowest BCUT2D eigenvalue weighted by molar-refractivity contribution is 0.911. The summed E-state index contributed by atoms with van der Waals surface area (Å²) >= 11 is 5.96. The summed E-state index contributed by atoms with van der Waals surface area (Å²) in [6.45, 7) is 4.50. The minimum atomic E-state index is 0.582. The summed E-state index contributed by atoms with van der Waals surface area (Å²) < 4.78 is 0. The molecule has 1 aliphatic rings. The summed E-state index contributed by atoms with van der Waals surface area (Å²) in [5.74, 6) is 0. The van der Waals surface area contributed by atoms with E-state index in [0.717, 1.165) is 37.1 Å². The van der Waals surface area contributed by atoms with E-state index in [1.165, 1.54) is 24.1 Å². The Balaban J connectivity index is 1.93. The smallest absolute Gasteiger partial charge is 0.0687 e. The predicted octanol–water partition coefficient (Wildman–Crippen LogP) is 5.31. The summed E-state index contributed by atoms with van der Waals surface area (Å²) in [7, 11) is 0. The molecule has 0 unspecified atom stereocenters. The third kappa shape index (κ3) is 3.59. The highest BCUT2D eigenvalue weighted by atomic mass is 35.5. The van der Waals surface area contributed by atoms with Gasteiger partial charge in [-0.3, -0.25) is 5.41 Å². The fraction of sp³-hybridized carbons (Fsp3) is 0.350. The molecule has 1 saturated heterocycles. The van der Waals surface area contributed by atoms with Crippen LogP contribution >= 0.6 is 11.6 Å². The van der Waals surface area contributed by atoms with Crippen molar-refractivity contribution in [2.24, 2.45) is 0 Å². The van der Waals surface area contributed by atoms with Gasteiger partial charge in [0.25, 0.3) is 0 Å². The van der Waals surface area contributed by atoms with Crippen LogP contribution in [0.1, 0.15) is 42.9 Å². The quantitative estimate of drug-likeness (QED) is 0.741. The monoisotopic (exact) mass is 326 g/mol. The third-order valence-corrected chi connectivity index (χ3v) is 4.73. The number of halogens is 1. The second-order valence-corrected chi connectivity index (χ2v) is 6.60. The fourth-order valence-electron chi connectivity index (χ4n) is 3.24. The Kier molecular flexibility index (Phi) is 5.02. The highest BCUT2D eigenvalue weighted by molar-refractivity contribution is 6.30. The van der Waals surface area contributed by atoms with E-state index >= 15 is 0 Å². The lowest BCUT2D eigenvalue weighted by Crippen LogP contribution is -2.18. The Hall–Kier alpha value is -1.80. The number of nitrogens with zero attached hydrogens (tertiary/aromatic N) is 1. The summed E-state index contributed by atoms with van der Waals surface area (Å²) in [6.07, 6.45) is 4.66. The first-order chi connectivity index (χ1) is 11.2. The minimum absolute atomic E-state index is 0.582. The molecule has 0 bridgehead atoms. The molecule has 1 N–H and O–H groups in total. The molecule has 3 rings (SSSR count). The van der Waals surface area contributed by atoms with Gasteiger partial charge in [0.2, 0.25) is 0 Å². The molecule has 0 aromatic heterocycles. The first-order valence-electron chi connectivity index (χ1n) is 8.42. The molecule has 0 radical (unpaired) electrons. The first-order valence-corrected chi connectivity index (χ1v) is 8.79. The lowest BCUT2D eigenvalue weighted by Gasteiger charge is -2.20. The van der Waals surface area contributed by atoms with Crippen LogP contribution in [-0.2, 0) is 6.42 Å². The lowest BCUT2D eigenvalue weighted by atomic mass is 9.94. The predicted molar refractivity (Wildman–Crippen MR) is 99.3 cm³/mol. The van der Waals surface area contributed by atoms with Gasteiger partial charge in [-0.1, -0.05) is 43.1 Å². The van der Waals surface area contributed by atoms with Gasteiger partial charge in [-0.2, -0.15) is 0 Å². The molecule has 0 spiro atoms. The van der Waals surface area contributed by atoms with Crippen LogP contribution in [0.4, 0.5) is 5.69 Å². The summed E-state index contributed by atoms with van der Waals surface area (Å²) in [4.78, 5) is 2.45. The second-order valence-electron chi connectivity index (χ2n) is 6.17. The number of rotatable bonds is 5. The molecule has 23 heavy (non-hydrogen) atoms. The molecule has 0 amide bonds. The van der Waals surface area contributed by atoms with Crippen LogP contribution < -0.4 is 4.90 Å². The van der Waals surface area contributed by atoms with Crippen LogP contribution in [0.3, 0.4) is 0 Å². The van der Waals surface area contributed by atoms with Crippen LogP contribution in [0.25, 0.3) is 0 Å². The van der Waals surface area contributed by atoms with Gasteiger partial charge in [-0.15, -0.1) is 0 Å². The number of hydrogen-bond acceptors (Lipinski definition) is 2. The van der Waals surface area contributed by atoms with E-state index in [-0.39, 0.29) is 0 Å². The van der Waals surface area contributed by atoms with Crippen molar-refractivity contribution in [3.63, 3.8) is 0 Å². The largest absolute Gasteiger partial charge is 0.372 e. The van der Waals surface area contributed by atoms with Crippen molar-refractivity contribution >= 4 is 23.0 Å². The molecule has 2 aromatic rings. The van der Waals surface area contributed by atoms with Gasteiger partial charge in [0, 0.05) is 34.9 Å². The van der Waals surface area contributed by atoms with E-state index < -0.39 is 0 Å². The molecule has 1 fully saturated rings. The Morgan fingerprint density at radius 1 is 1.09 bits per heavy atom. The number of hydrogen-bond donors (Lipinski definition) is 1. The Labute approximate surface area is 143 Å². The van der Waals surface area contributed by atoms with Gasteiger partial charge in [0.05, 0.1) is 5.71 Å². The zero-order valence-electron chi connectivity index (χ0n) is 13.6. The molecule has 120 valence electrons. The van der Waals surface area contributed by atoms with Gasteiger partial charge in [0.15, 0.2) is 0 Å². The van der Waals surface area contributed by atoms with Crippen molar-refractivity contribution < 1.29 is 0 Å². The molecular weight excluding hydrogens is 304 g/mol. The van der Waals surface area contributed by atoms with Crippen LogP contribution in [0.15, 0.2) is 42.5 Å². The van der Waals surface area contributed by atoms with Crippen molar-refractivity contribution in [2.45, 2.75) is 32.6 Å². The maximum Gasteiger partial charge on any atom is 0.0687 e. The molecule has 0 atom stereocenters. The summed E-state index contributed by atoms with van der Waals surface area (Å²) in [5.41, 5.74) is 5.12. The molecule has 1 aliphatic heterocycles. The van der Waals surface area contributed by atoms with Crippen molar-refractivity contribution in [3.05, 3.63) is 64.2 Å². The molecule has 0 aliphatic carbocycles. The van der Waals surface area contributed by atoms with Gasteiger partial charge in [-0.05, 0) is 49.1 Å². The second kappa shape index (κ2) is 7.18. The molecular formula is C20H23ClN2. The van der Waals surface area contributed by atoms with Gasteiger partial charge < -0.3 is 4.90 Å². The van der Waals surface area contributed by atoms with Crippen LogP contribution in [0, 0.1) is 5.41 Å². The van der Waals surface area contributed by atoms with Gasteiger partial charge >= 0.3 is 0 Å². The molecule has 2 aromatic carbocycles. The highest BCUT2D eigenvalue weighted by Gasteiger charge is 2.16. The number of anilines is 1. The number of nitrogens with one attached hydrogen (secondary N) is 1. The Morgan fingerprint density at radius 3 is 2.43 bits per heavy atom. The van der Waals surface area contributed by atoms with Crippen LogP contribution in [0.2, 0.25) is 5.02 Å². The van der Waals surface area contributed by atoms with Crippen molar-refractivity contribution in [2.75, 3.05) is 18.0 Å². The van der Waals surface area contributed by atoms with Crippen molar-refractivity contribution in [1.82, 2.24) is 0 Å². The molecule has 0 saturated carbocycles. The first kappa shape index (κ1) is 16.1. The Morgan fingerprint density at radius 2 is 1.78 bits per heavy atom. The highest BCUT2D eigenvalue weighted by Crippen LogP contribution is 2.26. The topological polar surface area (TPSA) is 27.1 Å². The third-order valence-electron chi connectivity index (χ3n) is 4.48. The zero-order valence-corrected chi connectivity index (χ0v) is 14.4. The van der Waals surface area contributed by atoms with E-state index in [1.54, 1.807) is 0 Å².